The van der Waals surface area contributed by atoms with E-state index in [2.05, 4.69) is 11.6 Å². The fourth-order valence-corrected chi connectivity index (χ4v) is 5.34. The molecule has 34 heavy (non-hydrogen) atoms. The zero-order valence-electron chi connectivity index (χ0n) is 17.9. The van der Waals surface area contributed by atoms with Crippen LogP contribution in [0.4, 0.5) is 11.4 Å². The van der Waals surface area contributed by atoms with Gasteiger partial charge in [0.15, 0.2) is 4.80 Å². The van der Waals surface area contributed by atoms with Crippen LogP contribution in [0.1, 0.15) is 10.4 Å². The first-order valence-electron chi connectivity index (χ1n) is 10.2. The number of rotatable bonds is 6. The smallest absolute Gasteiger partial charge is 0.293 e. The summed E-state index contributed by atoms with van der Waals surface area (Å²) in [6, 6.07) is 8.66. The zero-order chi connectivity index (χ0) is 24.5. The molecular weight excluding hydrogens is 482 g/mol. The van der Waals surface area contributed by atoms with Crippen molar-refractivity contribution in [1.29, 1.82) is 0 Å². The van der Waals surface area contributed by atoms with Crippen molar-refractivity contribution in [3.63, 3.8) is 0 Å². The van der Waals surface area contributed by atoms with Gasteiger partial charge in [0.05, 0.1) is 33.2 Å². The first kappa shape index (κ1) is 23.8. The molecule has 0 radical (unpaired) electrons. The third kappa shape index (κ3) is 4.77. The summed E-state index contributed by atoms with van der Waals surface area (Å²) in [6.07, 6.45) is 1.62. The van der Waals surface area contributed by atoms with Crippen molar-refractivity contribution in [2.75, 3.05) is 31.2 Å². The Hall–Kier alpha value is -3.39. The molecule has 1 saturated heterocycles. The van der Waals surface area contributed by atoms with Gasteiger partial charge in [0.25, 0.3) is 11.6 Å². The molecular formula is C21H21N5O6S2. The number of thiazole rings is 1. The number of nitro benzene ring substituents is 1. The molecule has 2 heterocycles. The maximum atomic E-state index is 13.0. The van der Waals surface area contributed by atoms with Crippen LogP contribution in [-0.2, 0) is 21.3 Å². The number of benzene rings is 2. The summed E-state index contributed by atoms with van der Waals surface area (Å²) in [5, 5.41) is 16.9. The highest BCUT2D eigenvalue weighted by atomic mass is 32.2. The number of morpholine rings is 1. The van der Waals surface area contributed by atoms with Gasteiger partial charge in [0.2, 0.25) is 10.0 Å². The summed E-state index contributed by atoms with van der Waals surface area (Å²) in [4.78, 5) is 30.4. The van der Waals surface area contributed by atoms with E-state index in [0.29, 0.717) is 53.6 Å². The lowest BCUT2D eigenvalue weighted by Crippen LogP contribution is -2.36. The predicted octanol–water partition coefficient (Wildman–Crippen LogP) is 2.02. The van der Waals surface area contributed by atoms with Crippen LogP contribution in [-0.4, -0.2) is 50.1 Å². The highest BCUT2D eigenvalue weighted by Crippen LogP contribution is 2.30. The summed E-state index contributed by atoms with van der Waals surface area (Å²) in [5.74, 6) is -0.660. The van der Waals surface area contributed by atoms with E-state index in [9.17, 15) is 23.3 Å². The first-order valence-corrected chi connectivity index (χ1v) is 12.5. The Morgan fingerprint density at radius 3 is 2.65 bits per heavy atom. The number of sulfonamides is 1. The molecule has 11 nitrogen and oxygen atoms in total. The minimum atomic E-state index is -3.90. The Balaban J connectivity index is 1.77. The molecule has 0 saturated carbocycles. The van der Waals surface area contributed by atoms with E-state index in [1.807, 2.05) is 4.90 Å². The molecule has 1 aromatic heterocycles. The van der Waals surface area contributed by atoms with Crippen molar-refractivity contribution in [1.82, 2.24) is 4.57 Å². The summed E-state index contributed by atoms with van der Waals surface area (Å²) >= 11 is 1.11. The Bertz CT molecular complexity index is 1470. The predicted molar refractivity (Wildman–Crippen MR) is 127 cm³/mol. The van der Waals surface area contributed by atoms with Gasteiger partial charge in [-0.2, -0.15) is 4.99 Å². The van der Waals surface area contributed by atoms with Crippen molar-refractivity contribution in [3.05, 3.63) is 69.5 Å². The molecule has 0 atom stereocenters. The number of allylic oxidation sites excluding steroid dienone is 1. The van der Waals surface area contributed by atoms with Crippen molar-refractivity contribution >= 4 is 48.9 Å². The summed E-state index contributed by atoms with van der Waals surface area (Å²) < 4.78 is 31.0. The van der Waals surface area contributed by atoms with Crippen LogP contribution < -0.4 is 14.8 Å². The molecule has 13 heteroatoms. The van der Waals surface area contributed by atoms with Crippen LogP contribution in [0.25, 0.3) is 10.2 Å². The average molecular weight is 504 g/mol. The molecule has 178 valence electrons. The van der Waals surface area contributed by atoms with Crippen LogP contribution in [0.3, 0.4) is 0 Å². The topological polar surface area (TPSA) is 150 Å². The molecule has 3 aromatic rings. The van der Waals surface area contributed by atoms with Gasteiger partial charge in [-0.25, -0.2) is 13.6 Å². The monoisotopic (exact) mass is 503 g/mol. The average Bonchev–Trinajstić information content (AvgIpc) is 3.15. The largest absolute Gasteiger partial charge is 0.378 e. The summed E-state index contributed by atoms with van der Waals surface area (Å²) in [5.41, 5.74) is 0.953. The van der Waals surface area contributed by atoms with Crippen molar-refractivity contribution in [2.45, 2.75) is 11.4 Å². The fourth-order valence-electron chi connectivity index (χ4n) is 3.65. The number of hydrogen-bond donors (Lipinski definition) is 1. The van der Waals surface area contributed by atoms with Gasteiger partial charge in [-0.1, -0.05) is 17.4 Å². The third-order valence-corrected chi connectivity index (χ3v) is 7.21. The molecule has 0 aliphatic carbocycles. The highest BCUT2D eigenvalue weighted by molar-refractivity contribution is 7.89. The van der Waals surface area contributed by atoms with Crippen LogP contribution in [0.2, 0.25) is 0 Å². The van der Waals surface area contributed by atoms with Gasteiger partial charge in [-0.15, -0.1) is 6.58 Å². The van der Waals surface area contributed by atoms with Crippen molar-refractivity contribution < 1.29 is 22.9 Å². The van der Waals surface area contributed by atoms with E-state index in [1.165, 1.54) is 24.3 Å². The highest BCUT2D eigenvalue weighted by Gasteiger charge is 2.23. The number of nitrogens with zero attached hydrogens (tertiary/aromatic N) is 4. The summed E-state index contributed by atoms with van der Waals surface area (Å²) in [7, 11) is -3.90. The Morgan fingerprint density at radius 1 is 1.26 bits per heavy atom. The van der Waals surface area contributed by atoms with E-state index in [4.69, 9.17) is 9.88 Å². The SMILES string of the molecule is C=CCn1c(=NC(=O)c2ccc(N3CCOCC3)c([N+](=O)[O-])c2)sc2cc(S(N)(=O)=O)ccc21. The number of amides is 1. The third-order valence-electron chi connectivity index (χ3n) is 5.26. The number of aromatic nitrogens is 1. The minimum absolute atomic E-state index is 0.0563. The lowest BCUT2D eigenvalue weighted by atomic mass is 10.1. The number of primary sulfonamides is 1. The maximum Gasteiger partial charge on any atom is 0.293 e. The number of hydrogen-bond acceptors (Lipinski definition) is 8. The quantitative estimate of drug-likeness (QED) is 0.307. The van der Waals surface area contributed by atoms with Crippen LogP contribution in [0.5, 0.6) is 0 Å². The van der Waals surface area contributed by atoms with E-state index in [1.54, 1.807) is 22.8 Å². The number of anilines is 1. The number of nitrogens with two attached hydrogens (primary N) is 1. The Morgan fingerprint density at radius 2 is 2.00 bits per heavy atom. The van der Waals surface area contributed by atoms with Gasteiger partial charge in [0, 0.05) is 31.3 Å². The van der Waals surface area contributed by atoms with E-state index in [0.717, 1.165) is 11.3 Å². The molecule has 2 N–H and O–H groups in total. The van der Waals surface area contributed by atoms with E-state index < -0.39 is 20.9 Å². The second-order valence-electron chi connectivity index (χ2n) is 7.44. The van der Waals surface area contributed by atoms with Crippen LogP contribution >= 0.6 is 11.3 Å². The Kier molecular flexibility index (Phi) is 6.61. The molecule has 0 bridgehead atoms. The van der Waals surface area contributed by atoms with Gasteiger partial charge in [0.1, 0.15) is 5.69 Å². The molecule has 4 rings (SSSR count). The molecule has 0 spiro atoms. The number of ether oxygens (including phenoxy) is 1. The standard InChI is InChI=1S/C21H21N5O6S2/c1-2-7-25-17-6-4-15(34(22,30)31)13-19(17)33-21(25)23-20(27)14-3-5-16(18(12-14)26(28)29)24-8-10-32-11-9-24/h2-6,12-13H,1,7-11H2,(H2,22,30,31). The number of carbonyl (C=O) groups is 1. The maximum absolute atomic E-state index is 13.0. The molecule has 2 aromatic carbocycles. The van der Waals surface area contributed by atoms with Crippen LogP contribution in [0, 0.1) is 10.1 Å². The first-order chi connectivity index (χ1) is 16.2. The lowest BCUT2D eigenvalue weighted by Gasteiger charge is -2.28. The molecule has 1 aliphatic heterocycles. The second kappa shape index (κ2) is 9.46. The van der Waals surface area contributed by atoms with Crippen molar-refractivity contribution in [2.24, 2.45) is 10.1 Å². The second-order valence-corrected chi connectivity index (χ2v) is 10.0. The molecule has 1 aliphatic rings. The normalized spacial score (nSPS) is 15.0. The molecule has 1 fully saturated rings. The van der Waals surface area contributed by atoms with Gasteiger partial charge in [-0.3, -0.25) is 14.9 Å². The van der Waals surface area contributed by atoms with Gasteiger partial charge < -0.3 is 14.2 Å². The summed E-state index contributed by atoms with van der Waals surface area (Å²) in [6.45, 7) is 6.00. The lowest BCUT2D eigenvalue weighted by molar-refractivity contribution is -0.384. The van der Waals surface area contributed by atoms with E-state index in [-0.39, 0.29) is 16.1 Å². The number of nitro groups is 1. The zero-order valence-corrected chi connectivity index (χ0v) is 19.5. The van der Waals surface area contributed by atoms with Gasteiger partial charge >= 0.3 is 0 Å². The number of carbonyl (C=O) groups excluding carboxylic acids is 1. The minimum Gasteiger partial charge on any atom is -0.378 e. The molecule has 0 unspecified atom stereocenters. The van der Waals surface area contributed by atoms with E-state index >= 15 is 0 Å². The van der Waals surface area contributed by atoms with Crippen LogP contribution in [0.15, 0.2) is 58.9 Å². The van der Waals surface area contributed by atoms with Gasteiger partial charge in [-0.05, 0) is 30.3 Å². The number of fused-ring (bicyclic) bond motifs is 1. The Labute approximate surface area is 198 Å². The fraction of sp³-hybridized carbons (Fsp3) is 0.238. The van der Waals surface area contributed by atoms with Crippen molar-refractivity contribution in [3.8, 4) is 0 Å². The molecule has 1 amide bonds.